The van der Waals surface area contributed by atoms with Crippen LogP contribution in [0.25, 0.3) is 0 Å². The Hall–Kier alpha value is -0.930. The second kappa shape index (κ2) is 6.76. The maximum atomic E-state index is 10.8. The molecule has 0 aliphatic rings. The minimum atomic E-state index is -0.567. The van der Waals surface area contributed by atoms with E-state index < -0.39 is 11.5 Å². The molecule has 0 amide bonds. The number of ketones is 1. The van der Waals surface area contributed by atoms with Crippen molar-refractivity contribution in [1.82, 2.24) is 0 Å². The first kappa shape index (κ1) is 11.1. The molecule has 0 N–H and O–H groups in total. The lowest BCUT2D eigenvalue weighted by molar-refractivity contribution is -0.467. The van der Waals surface area contributed by atoms with Crippen LogP contribution in [0.4, 0.5) is 0 Å². The molecule has 4 nitrogen and oxygen atoms in total. The van der Waals surface area contributed by atoms with Gasteiger partial charge in [-0.25, -0.2) is 0 Å². The van der Waals surface area contributed by atoms with Gasteiger partial charge in [-0.05, 0) is 6.42 Å². The zero-order valence-electron chi connectivity index (χ0n) is 7.41. The Kier molecular flexibility index (Phi) is 6.24. The first-order chi connectivity index (χ1) is 5.66. The molecule has 0 aliphatic heterocycles. The smallest absolute Gasteiger partial charge is 0.261 e. The van der Waals surface area contributed by atoms with Gasteiger partial charge in [-0.1, -0.05) is 26.2 Å². The summed E-state index contributed by atoms with van der Waals surface area (Å²) in [5, 5.41) is 9.88. The Labute approximate surface area is 72.1 Å². The third kappa shape index (κ3) is 7.18. The van der Waals surface area contributed by atoms with Gasteiger partial charge in [-0.15, -0.1) is 0 Å². The Balaban J connectivity index is 3.26. The predicted molar refractivity (Wildman–Crippen MR) is 45.6 cm³/mol. The lowest BCUT2D eigenvalue weighted by Gasteiger charge is -1.95. The van der Waals surface area contributed by atoms with Gasteiger partial charge in [-0.3, -0.25) is 14.9 Å². The molecule has 0 aromatic carbocycles. The van der Waals surface area contributed by atoms with E-state index >= 15 is 0 Å². The minimum absolute atomic E-state index is 0.254. The van der Waals surface area contributed by atoms with E-state index in [0.717, 1.165) is 25.7 Å². The third-order valence-electron chi connectivity index (χ3n) is 1.61. The van der Waals surface area contributed by atoms with Crippen LogP contribution in [-0.4, -0.2) is 17.3 Å². The van der Waals surface area contributed by atoms with Crippen LogP contribution in [-0.2, 0) is 4.79 Å². The number of Topliss-reactive ketones (excluding diaryl/α,β-unsaturated/α-hetero) is 1. The lowest BCUT2D eigenvalue weighted by Crippen LogP contribution is -2.12. The molecule has 0 aromatic rings. The Bertz CT molecular complexity index is 156. The van der Waals surface area contributed by atoms with Gasteiger partial charge in [0.25, 0.3) is 6.54 Å². The average molecular weight is 173 g/mol. The second-order valence-electron chi connectivity index (χ2n) is 2.84. The number of carbonyl (C=O) groups excluding carboxylic acids is 1. The van der Waals surface area contributed by atoms with Crippen molar-refractivity contribution in [3.8, 4) is 0 Å². The number of hydrogen-bond acceptors (Lipinski definition) is 3. The third-order valence-corrected chi connectivity index (χ3v) is 1.61. The van der Waals surface area contributed by atoms with E-state index in [9.17, 15) is 14.9 Å². The molecule has 0 unspecified atom stereocenters. The van der Waals surface area contributed by atoms with Crippen LogP contribution in [0.5, 0.6) is 0 Å². The van der Waals surface area contributed by atoms with Crippen LogP contribution in [0.3, 0.4) is 0 Å². The van der Waals surface area contributed by atoms with Gasteiger partial charge in [0.2, 0.25) is 5.78 Å². The molecule has 0 saturated heterocycles. The van der Waals surface area contributed by atoms with Crippen molar-refractivity contribution in [2.24, 2.45) is 0 Å². The van der Waals surface area contributed by atoms with E-state index in [0.29, 0.717) is 6.42 Å². The van der Waals surface area contributed by atoms with Gasteiger partial charge in [0.05, 0.1) is 0 Å². The molecule has 0 saturated carbocycles. The molecule has 0 heterocycles. The first-order valence-electron chi connectivity index (χ1n) is 4.30. The summed E-state index contributed by atoms with van der Waals surface area (Å²) in [6, 6.07) is 0. The van der Waals surface area contributed by atoms with E-state index in [-0.39, 0.29) is 5.78 Å². The maximum absolute atomic E-state index is 10.8. The maximum Gasteiger partial charge on any atom is 0.261 e. The number of rotatable bonds is 7. The van der Waals surface area contributed by atoms with Crippen molar-refractivity contribution < 1.29 is 9.72 Å². The van der Waals surface area contributed by atoms with Crippen LogP contribution in [0, 0.1) is 10.1 Å². The molecule has 0 atom stereocenters. The fraction of sp³-hybridized carbons (Fsp3) is 0.875. The number of nitrogens with zero attached hydrogens (tertiary/aromatic N) is 1. The molecule has 0 aliphatic carbocycles. The highest BCUT2D eigenvalue weighted by atomic mass is 16.6. The first-order valence-corrected chi connectivity index (χ1v) is 4.30. The summed E-state index contributed by atoms with van der Waals surface area (Å²) in [6.45, 7) is 1.57. The zero-order chi connectivity index (χ0) is 9.40. The molecule has 0 spiro atoms. The Morgan fingerprint density at radius 3 is 2.50 bits per heavy atom. The van der Waals surface area contributed by atoms with Crippen molar-refractivity contribution in [3.63, 3.8) is 0 Å². The normalized spacial score (nSPS) is 9.75. The highest BCUT2D eigenvalue weighted by Crippen LogP contribution is 2.02. The number of unbranched alkanes of at least 4 members (excludes halogenated alkanes) is 3. The van der Waals surface area contributed by atoms with Crippen molar-refractivity contribution in [3.05, 3.63) is 10.1 Å². The largest absolute Gasteiger partial charge is 0.292 e. The van der Waals surface area contributed by atoms with E-state index in [2.05, 4.69) is 6.92 Å². The molecule has 0 aromatic heterocycles. The van der Waals surface area contributed by atoms with Gasteiger partial charge in [0.1, 0.15) is 0 Å². The summed E-state index contributed by atoms with van der Waals surface area (Å²) >= 11 is 0. The molecular formula is C8H15NO3. The van der Waals surface area contributed by atoms with Crippen molar-refractivity contribution >= 4 is 5.78 Å². The molecule has 12 heavy (non-hydrogen) atoms. The summed E-state index contributed by atoms with van der Waals surface area (Å²) < 4.78 is 0. The molecule has 0 fully saturated rings. The molecule has 0 radical (unpaired) electrons. The van der Waals surface area contributed by atoms with E-state index in [4.69, 9.17) is 0 Å². The summed E-state index contributed by atoms with van der Waals surface area (Å²) in [5.74, 6) is -0.254. The van der Waals surface area contributed by atoms with Crippen LogP contribution < -0.4 is 0 Å². The Morgan fingerprint density at radius 2 is 2.00 bits per heavy atom. The second-order valence-corrected chi connectivity index (χ2v) is 2.84. The monoisotopic (exact) mass is 173 g/mol. The molecule has 0 rings (SSSR count). The van der Waals surface area contributed by atoms with Crippen LogP contribution >= 0.6 is 0 Å². The van der Waals surface area contributed by atoms with Crippen molar-refractivity contribution in [1.29, 1.82) is 0 Å². The zero-order valence-corrected chi connectivity index (χ0v) is 7.41. The van der Waals surface area contributed by atoms with Gasteiger partial charge < -0.3 is 0 Å². The number of nitro groups is 1. The van der Waals surface area contributed by atoms with Gasteiger partial charge in [-0.2, -0.15) is 0 Å². The SMILES string of the molecule is CCCCCCC(=O)C[N+](=O)[O-]. The van der Waals surface area contributed by atoms with Crippen molar-refractivity contribution in [2.75, 3.05) is 6.54 Å². The fourth-order valence-electron chi connectivity index (χ4n) is 0.972. The van der Waals surface area contributed by atoms with Crippen LogP contribution in [0.1, 0.15) is 39.0 Å². The fourth-order valence-corrected chi connectivity index (χ4v) is 0.972. The number of hydrogen-bond donors (Lipinski definition) is 0. The summed E-state index contributed by atoms with van der Waals surface area (Å²) in [6.07, 6.45) is 4.37. The van der Waals surface area contributed by atoms with Gasteiger partial charge >= 0.3 is 0 Å². The van der Waals surface area contributed by atoms with Gasteiger partial charge in [0.15, 0.2) is 0 Å². The summed E-state index contributed by atoms with van der Waals surface area (Å²) in [5.41, 5.74) is 0. The molecule has 4 heteroatoms. The Morgan fingerprint density at radius 1 is 1.33 bits per heavy atom. The predicted octanol–water partition coefficient (Wildman–Crippen LogP) is 1.80. The van der Waals surface area contributed by atoms with Gasteiger partial charge in [0, 0.05) is 11.3 Å². The topological polar surface area (TPSA) is 60.2 Å². The van der Waals surface area contributed by atoms with E-state index in [1.165, 1.54) is 0 Å². The molecular weight excluding hydrogens is 158 g/mol. The van der Waals surface area contributed by atoms with Crippen LogP contribution in [0.15, 0.2) is 0 Å². The average Bonchev–Trinajstić information content (AvgIpc) is 1.97. The lowest BCUT2D eigenvalue weighted by atomic mass is 10.1. The quantitative estimate of drug-likeness (QED) is 0.335. The van der Waals surface area contributed by atoms with E-state index in [1.807, 2.05) is 0 Å². The molecule has 0 bridgehead atoms. The standard InChI is InChI=1S/C8H15NO3/c1-2-3-4-5-6-8(10)7-9(11)12/h2-7H2,1H3. The highest BCUT2D eigenvalue weighted by molar-refractivity contribution is 5.79. The summed E-state index contributed by atoms with van der Waals surface area (Å²) in [4.78, 5) is 20.1. The van der Waals surface area contributed by atoms with E-state index in [1.54, 1.807) is 0 Å². The number of carbonyl (C=O) groups is 1. The molecule has 70 valence electrons. The van der Waals surface area contributed by atoms with Crippen molar-refractivity contribution in [2.45, 2.75) is 39.0 Å². The highest BCUT2D eigenvalue weighted by Gasteiger charge is 2.07. The van der Waals surface area contributed by atoms with Crippen LogP contribution in [0.2, 0.25) is 0 Å². The minimum Gasteiger partial charge on any atom is -0.292 e. The summed E-state index contributed by atoms with van der Waals surface area (Å²) in [7, 11) is 0.